The van der Waals surface area contributed by atoms with E-state index in [2.05, 4.69) is 24.0 Å². The third kappa shape index (κ3) is 5.82. The number of methoxy groups -OCH3 is 1. The molecule has 0 spiro atoms. The summed E-state index contributed by atoms with van der Waals surface area (Å²) in [7, 11) is 1.59. The summed E-state index contributed by atoms with van der Waals surface area (Å²) >= 11 is 1.37. The van der Waals surface area contributed by atoms with Crippen molar-refractivity contribution in [2.45, 2.75) is 50.6 Å². The second kappa shape index (κ2) is 9.55. The maximum absolute atomic E-state index is 12.7. The summed E-state index contributed by atoms with van der Waals surface area (Å²) in [5.41, 5.74) is 5.87. The molecule has 0 unspecified atom stereocenters. The van der Waals surface area contributed by atoms with Gasteiger partial charge in [-0.15, -0.1) is 10.2 Å². The first-order valence-corrected chi connectivity index (χ1v) is 9.75. The Kier molecular flexibility index (Phi) is 7.41. The van der Waals surface area contributed by atoms with Crippen LogP contribution in [0.2, 0.25) is 0 Å². The molecule has 1 aromatic carbocycles. The minimum Gasteiger partial charge on any atom is -0.497 e. The lowest BCUT2D eigenvalue weighted by molar-refractivity contribution is -0.118. The van der Waals surface area contributed by atoms with Crippen molar-refractivity contribution in [3.63, 3.8) is 0 Å². The normalized spacial score (nSPS) is 12.2. The minimum atomic E-state index is -0.369. The zero-order valence-electron chi connectivity index (χ0n) is 16.1. The lowest BCUT2D eigenvalue weighted by Crippen LogP contribution is -2.17. The van der Waals surface area contributed by atoms with Crippen LogP contribution in [0.3, 0.4) is 0 Å². The molecule has 0 aliphatic rings. The SMILES string of the molecule is COc1ccc(C(=O)[C@@H](C)Sc2nnc(CCC(N)=O)n2CC(C)C)cc1. The van der Waals surface area contributed by atoms with Crippen LogP contribution in [-0.2, 0) is 17.8 Å². The van der Waals surface area contributed by atoms with Gasteiger partial charge in [-0.25, -0.2) is 0 Å². The van der Waals surface area contributed by atoms with E-state index in [1.165, 1.54) is 11.8 Å². The Labute approximate surface area is 163 Å². The summed E-state index contributed by atoms with van der Waals surface area (Å²) in [5, 5.41) is 8.80. The van der Waals surface area contributed by atoms with Crippen LogP contribution in [0.5, 0.6) is 5.75 Å². The molecule has 0 radical (unpaired) electrons. The Bertz CT molecular complexity index is 787. The van der Waals surface area contributed by atoms with Crippen LogP contribution in [0.4, 0.5) is 0 Å². The Morgan fingerprint density at radius 2 is 1.85 bits per heavy atom. The molecule has 0 bridgehead atoms. The summed E-state index contributed by atoms with van der Waals surface area (Å²) in [6.07, 6.45) is 0.664. The van der Waals surface area contributed by atoms with Crippen molar-refractivity contribution in [1.29, 1.82) is 0 Å². The van der Waals surface area contributed by atoms with E-state index in [0.717, 1.165) is 0 Å². The van der Waals surface area contributed by atoms with Crippen molar-refractivity contribution < 1.29 is 14.3 Å². The Morgan fingerprint density at radius 3 is 2.41 bits per heavy atom. The van der Waals surface area contributed by atoms with E-state index in [1.807, 2.05) is 11.5 Å². The highest BCUT2D eigenvalue weighted by molar-refractivity contribution is 8.00. The number of nitrogens with two attached hydrogens (primary N) is 1. The van der Waals surface area contributed by atoms with E-state index < -0.39 is 0 Å². The van der Waals surface area contributed by atoms with Crippen molar-refractivity contribution in [2.75, 3.05) is 7.11 Å². The number of ketones is 1. The maximum Gasteiger partial charge on any atom is 0.217 e. The molecule has 1 amide bonds. The third-order valence-corrected chi connectivity index (χ3v) is 5.04. The lowest BCUT2D eigenvalue weighted by Gasteiger charge is -2.14. The second-order valence-corrected chi connectivity index (χ2v) is 8.03. The van der Waals surface area contributed by atoms with Gasteiger partial charge in [-0.3, -0.25) is 9.59 Å². The summed E-state index contributed by atoms with van der Waals surface area (Å²) in [5.74, 6) is 1.45. The fraction of sp³-hybridized carbons (Fsp3) is 0.474. The quantitative estimate of drug-likeness (QED) is 0.494. The number of hydrogen-bond donors (Lipinski definition) is 1. The molecule has 2 N–H and O–H groups in total. The number of nitrogens with zero attached hydrogens (tertiary/aromatic N) is 3. The largest absolute Gasteiger partial charge is 0.497 e. The molecular formula is C19H26N4O3S. The molecule has 0 aliphatic carbocycles. The van der Waals surface area contributed by atoms with Gasteiger partial charge >= 0.3 is 0 Å². The number of rotatable bonds is 10. The maximum atomic E-state index is 12.7. The topological polar surface area (TPSA) is 100 Å². The highest BCUT2D eigenvalue weighted by Crippen LogP contribution is 2.26. The molecule has 0 saturated carbocycles. The van der Waals surface area contributed by atoms with Crippen LogP contribution in [0, 0.1) is 5.92 Å². The monoisotopic (exact) mass is 390 g/mol. The Hall–Kier alpha value is -2.35. The second-order valence-electron chi connectivity index (χ2n) is 6.72. The van der Waals surface area contributed by atoms with Gasteiger partial charge in [0.05, 0.1) is 12.4 Å². The number of carbonyl (C=O) groups excluding carboxylic acids is 2. The van der Waals surface area contributed by atoms with Gasteiger partial charge < -0.3 is 15.0 Å². The number of primary amides is 1. The van der Waals surface area contributed by atoms with Crippen LogP contribution >= 0.6 is 11.8 Å². The van der Waals surface area contributed by atoms with Gasteiger partial charge in [0.2, 0.25) is 5.91 Å². The Morgan fingerprint density at radius 1 is 1.19 bits per heavy atom. The van der Waals surface area contributed by atoms with Crippen LogP contribution in [0.1, 0.15) is 43.4 Å². The number of hydrogen-bond acceptors (Lipinski definition) is 6. The molecular weight excluding hydrogens is 364 g/mol. The van der Waals surface area contributed by atoms with E-state index in [4.69, 9.17) is 10.5 Å². The highest BCUT2D eigenvalue weighted by atomic mass is 32.2. The molecule has 0 fully saturated rings. The highest BCUT2D eigenvalue weighted by Gasteiger charge is 2.22. The molecule has 2 aromatic rings. The Balaban J connectivity index is 2.16. The number of ether oxygens (including phenoxy) is 1. The van der Waals surface area contributed by atoms with Crippen LogP contribution in [0.25, 0.3) is 0 Å². The molecule has 1 aromatic heterocycles. The molecule has 0 saturated heterocycles. The summed E-state index contributed by atoms with van der Waals surface area (Å²) in [4.78, 5) is 23.8. The summed E-state index contributed by atoms with van der Waals surface area (Å²) in [6.45, 7) is 6.76. The average molecular weight is 391 g/mol. The molecule has 2 rings (SSSR count). The molecule has 27 heavy (non-hydrogen) atoms. The fourth-order valence-electron chi connectivity index (χ4n) is 2.58. The van der Waals surface area contributed by atoms with Gasteiger partial charge in [-0.2, -0.15) is 0 Å². The molecule has 146 valence electrons. The first-order valence-electron chi connectivity index (χ1n) is 8.87. The number of thioether (sulfide) groups is 1. The van der Waals surface area contributed by atoms with Crippen LogP contribution in [0.15, 0.2) is 29.4 Å². The van der Waals surface area contributed by atoms with Gasteiger partial charge in [-0.05, 0) is 37.1 Å². The minimum absolute atomic E-state index is 0.0143. The van der Waals surface area contributed by atoms with E-state index in [9.17, 15) is 9.59 Å². The summed E-state index contributed by atoms with van der Waals surface area (Å²) < 4.78 is 7.11. The number of benzene rings is 1. The molecule has 0 aliphatic heterocycles. The van der Waals surface area contributed by atoms with Crippen molar-refractivity contribution in [2.24, 2.45) is 11.7 Å². The average Bonchev–Trinajstić information content (AvgIpc) is 3.00. The lowest BCUT2D eigenvalue weighted by atomic mass is 10.1. The number of amides is 1. The van der Waals surface area contributed by atoms with Gasteiger partial charge in [0.1, 0.15) is 11.6 Å². The van der Waals surface area contributed by atoms with Gasteiger partial charge in [0.25, 0.3) is 0 Å². The van der Waals surface area contributed by atoms with Gasteiger partial charge in [0.15, 0.2) is 10.9 Å². The van der Waals surface area contributed by atoms with Crippen molar-refractivity contribution in [3.8, 4) is 5.75 Å². The number of carbonyl (C=O) groups is 2. The predicted octanol–water partition coefficient (Wildman–Crippen LogP) is 2.72. The smallest absolute Gasteiger partial charge is 0.217 e. The van der Waals surface area contributed by atoms with Gasteiger partial charge in [0, 0.05) is 24.9 Å². The molecule has 1 atom stereocenters. The van der Waals surface area contributed by atoms with Crippen molar-refractivity contribution in [3.05, 3.63) is 35.7 Å². The third-order valence-electron chi connectivity index (χ3n) is 3.96. The predicted molar refractivity (Wildman–Crippen MR) is 105 cm³/mol. The molecule has 1 heterocycles. The van der Waals surface area contributed by atoms with E-state index in [-0.39, 0.29) is 23.4 Å². The number of aromatic nitrogens is 3. The van der Waals surface area contributed by atoms with E-state index >= 15 is 0 Å². The van der Waals surface area contributed by atoms with Crippen molar-refractivity contribution in [1.82, 2.24) is 14.8 Å². The number of Topliss-reactive ketones (excluding diaryl/α,β-unsaturated/α-hetero) is 1. The summed E-state index contributed by atoms with van der Waals surface area (Å²) in [6, 6.07) is 7.06. The van der Waals surface area contributed by atoms with E-state index in [1.54, 1.807) is 31.4 Å². The first kappa shape index (κ1) is 21.0. The first-order chi connectivity index (χ1) is 12.8. The standard InChI is InChI=1S/C19H26N4O3S/c1-12(2)11-23-17(10-9-16(20)24)21-22-19(23)27-13(3)18(25)14-5-7-15(26-4)8-6-14/h5-8,12-13H,9-11H2,1-4H3,(H2,20,24)/t13-/m1/s1. The zero-order valence-corrected chi connectivity index (χ0v) is 17.0. The van der Waals surface area contributed by atoms with Crippen LogP contribution in [-0.4, -0.2) is 38.8 Å². The molecule has 7 nitrogen and oxygen atoms in total. The number of aryl methyl sites for hydroxylation is 1. The molecule has 8 heteroatoms. The van der Waals surface area contributed by atoms with Crippen LogP contribution < -0.4 is 10.5 Å². The fourth-order valence-corrected chi connectivity index (χ4v) is 3.53. The zero-order chi connectivity index (χ0) is 20.0. The van der Waals surface area contributed by atoms with Gasteiger partial charge in [-0.1, -0.05) is 25.6 Å². The van der Waals surface area contributed by atoms with E-state index in [0.29, 0.717) is 41.2 Å². The van der Waals surface area contributed by atoms with Crippen molar-refractivity contribution >= 4 is 23.5 Å².